The smallest absolute Gasteiger partial charge is 0.212 e. The number of aryl methyl sites for hydroxylation is 11. The first-order valence-corrected chi connectivity index (χ1v) is 36.0. The molecule has 0 unspecified atom stereocenters. The third-order valence-electron chi connectivity index (χ3n) is 23.4. The van der Waals surface area contributed by atoms with Crippen LogP contribution in [0, 0.1) is 61.1 Å². The molecule has 12 aromatic rings. The number of halogens is 1. The maximum atomic E-state index is 13.4. The summed E-state index contributed by atoms with van der Waals surface area (Å²) >= 11 is 0. The largest absolute Gasteiger partial charge is 0.257 e. The minimum atomic E-state index is -2.08. The van der Waals surface area contributed by atoms with E-state index in [-0.39, 0.29) is 22.1 Å². The molecule has 0 atom stereocenters. The van der Waals surface area contributed by atoms with Gasteiger partial charge in [-0.15, -0.1) is 0 Å². The van der Waals surface area contributed by atoms with Gasteiger partial charge in [-0.2, -0.15) is 0 Å². The van der Waals surface area contributed by atoms with Crippen LogP contribution in [0.25, 0.3) is 101 Å². The van der Waals surface area contributed by atoms with E-state index in [2.05, 4.69) is 235 Å². The average molecular weight is 1300 g/mol. The number of rotatable bonds is 6. The molecule has 3 saturated carbocycles. The van der Waals surface area contributed by atoms with Gasteiger partial charge < -0.3 is 0 Å². The van der Waals surface area contributed by atoms with Gasteiger partial charge in [-0.3, -0.25) is 15.0 Å². The SMILES string of the molecule is Cc1ccc2c(n1)C1(CCCC1)c1cc(-c3cc(C)c(-c4ccccc4)c[n+]3C)c(C)cc1-2.Cc1ccc2c(n1)C1(CCCC1)c1cc(-c3ccc(-c4ccc(F)cc4)c[n+]3C)c(C)cc1-2.[2H]C([2H])([2H])c1ccc(-c2ccc(-c3cc4c(cc3C)-c3ccc(C)nc3C43CCCC3)[n+](C)c2)cc1. The number of pyridine rings is 6. The molecule has 18 rings (SSSR count). The second-order valence-corrected chi connectivity index (χ2v) is 29.7. The first-order valence-electron chi connectivity index (χ1n) is 37.5. The molecule has 7 heteroatoms. The first-order chi connectivity index (χ1) is 49.1. The quantitative estimate of drug-likeness (QED) is 0.156. The van der Waals surface area contributed by atoms with Gasteiger partial charge in [0.05, 0.1) is 17.1 Å². The van der Waals surface area contributed by atoms with E-state index in [1.54, 1.807) is 12.1 Å². The monoisotopic (exact) mass is 1300 g/mol. The normalized spacial score (nSPS) is 16.2. The van der Waals surface area contributed by atoms with E-state index < -0.39 is 6.85 Å². The van der Waals surface area contributed by atoms with Crippen molar-refractivity contribution in [1.29, 1.82) is 0 Å². The molecule has 492 valence electrons. The van der Waals surface area contributed by atoms with Crippen molar-refractivity contribution in [2.24, 2.45) is 21.1 Å². The Labute approximate surface area is 589 Å². The van der Waals surface area contributed by atoms with Crippen LogP contribution in [-0.2, 0) is 37.4 Å². The van der Waals surface area contributed by atoms with Crippen molar-refractivity contribution < 1.29 is 22.2 Å². The Morgan fingerprint density at radius 3 is 1.06 bits per heavy atom. The van der Waals surface area contributed by atoms with Crippen LogP contribution in [0.1, 0.15) is 160 Å². The molecule has 6 aliphatic carbocycles. The maximum Gasteiger partial charge on any atom is 0.212 e. The molecule has 3 spiro atoms. The molecule has 0 saturated heterocycles. The van der Waals surface area contributed by atoms with Crippen molar-refractivity contribution in [3.05, 3.63) is 285 Å². The van der Waals surface area contributed by atoms with E-state index in [0.717, 1.165) is 39.3 Å². The molecule has 0 radical (unpaired) electrons. The van der Waals surface area contributed by atoms with E-state index in [0.29, 0.717) is 5.56 Å². The van der Waals surface area contributed by atoms with E-state index >= 15 is 0 Å². The molecular weight excluding hydrogens is 1210 g/mol. The zero-order chi connectivity index (χ0) is 70.7. The number of nitrogens with zero attached hydrogens (tertiary/aromatic N) is 6. The van der Waals surface area contributed by atoms with Crippen LogP contribution in [0.4, 0.5) is 4.39 Å². The highest BCUT2D eigenvalue weighted by Crippen LogP contribution is 2.60. The summed E-state index contributed by atoms with van der Waals surface area (Å²) in [7, 11) is 6.37. The summed E-state index contributed by atoms with van der Waals surface area (Å²) in [5.74, 6) is -0.208. The number of hydrogen-bond donors (Lipinski definition) is 0. The third-order valence-corrected chi connectivity index (χ3v) is 23.4. The Balaban J connectivity index is 0.000000119. The Bertz CT molecular complexity index is 5340. The van der Waals surface area contributed by atoms with E-state index in [9.17, 15) is 4.39 Å². The predicted molar refractivity (Wildman–Crippen MR) is 401 cm³/mol. The highest BCUT2D eigenvalue weighted by molar-refractivity contribution is 5.87. The summed E-state index contributed by atoms with van der Waals surface area (Å²) in [5, 5.41) is 0. The zero-order valence-corrected chi connectivity index (χ0v) is 59.1. The fraction of sp³-hybridized carbons (Fsp3) is 0.283. The lowest BCUT2D eigenvalue weighted by atomic mass is 9.78. The maximum absolute atomic E-state index is 13.4. The summed E-state index contributed by atoms with van der Waals surface area (Å²) in [5.41, 5.74) is 39.8. The summed E-state index contributed by atoms with van der Waals surface area (Å²) in [6.45, 7) is 13.2. The predicted octanol–water partition coefficient (Wildman–Crippen LogP) is 20.8. The van der Waals surface area contributed by atoms with Crippen molar-refractivity contribution in [3.8, 4) is 101 Å². The molecule has 99 heavy (non-hydrogen) atoms. The average Bonchev–Trinajstić information content (AvgIpc) is 1.57. The first kappa shape index (κ1) is 60.3. The van der Waals surface area contributed by atoms with Gasteiger partial charge in [0.15, 0.2) is 18.6 Å². The van der Waals surface area contributed by atoms with Gasteiger partial charge in [0.1, 0.15) is 27.0 Å². The van der Waals surface area contributed by atoms with Crippen LogP contribution >= 0.6 is 0 Å². The Kier molecular flexibility index (Phi) is 15.1. The van der Waals surface area contributed by atoms with Crippen molar-refractivity contribution in [2.45, 2.75) is 149 Å². The summed E-state index contributed by atoms with van der Waals surface area (Å²) < 4.78 is 42.9. The lowest BCUT2D eigenvalue weighted by Crippen LogP contribution is -2.31. The van der Waals surface area contributed by atoms with E-state index in [1.807, 2.05) is 24.3 Å². The minimum absolute atomic E-state index is 0.0438. The highest BCUT2D eigenvalue weighted by Gasteiger charge is 2.50. The molecule has 0 aliphatic heterocycles. The van der Waals surface area contributed by atoms with Crippen LogP contribution in [-0.4, -0.2) is 15.0 Å². The molecule has 6 heterocycles. The van der Waals surface area contributed by atoms with Crippen LogP contribution in [0.2, 0.25) is 0 Å². The Morgan fingerprint density at radius 1 is 0.323 bits per heavy atom. The number of hydrogen-bond acceptors (Lipinski definition) is 3. The fourth-order valence-electron chi connectivity index (χ4n) is 18.4. The second-order valence-electron chi connectivity index (χ2n) is 29.7. The van der Waals surface area contributed by atoms with Crippen molar-refractivity contribution in [3.63, 3.8) is 0 Å². The van der Waals surface area contributed by atoms with Gasteiger partial charge in [0.2, 0.25) is 17.1 Å². The Hall–Kier alpha value is -9.85. The summed E-state index contributed by atoms with van der Waals surface area (Å²) in [4.78, 5) is 15.3. The van der Waals surface area contributed by atoms with Crippen LogP contribution in [0.3, 0.4) is 0 Å². The highest BCUT2D eigenvalue weighted by atomic mass is 19.1. The second kappa shape index (κ2) is 24.8. The molecule has 6 aromatic carbocycles. The Morgan fingerprint density at radius 2 is 0.677 bits per heavy atom. The summed E-state index contributed by atoms with van der Waals surface area (Å²) in [6, 6.07) is 63.5. The van der Waals surface area contributed by atoms with E-state index in [4.69, 9.17) is 19.1 Å². The van der Waals surface area contributed by atoms with Gasteiger partial charge in [-0.05, 0) is 227 Å². The minimum Gasteiger partial charge on any atom is -0.257 e. The van der Waals surface area contributed by atoms with Gasteiger partial charge in [0.25, 0.3) is 0 Å². The summed E-state index contributed by atoms with van der Waals surface area (Å²) in [6.07, 6.45) is 21.3. The van der Waals surface area contributed by atoms with Crippen molar-refractivity contribution in [2.75, 3.05) is 0 Å². The molecule has 6 aromatic heterocycles. The van der Waals surface area contributed by atoms with Crippen LogP contribution < -0.4 is 13.7 Å². The number of fused-ring (bicyclic) bond motifs is 15. The van der Waals surface area contributed by atoms with Gasteiger partial charge in [-0.1, -0.05) is 147 Å². The number of aromatic nitrogens is 6. The molecule has 0 N–H and O–H groups in total. The molecule has 0 amide bonds. The topological polar surface area (TPSA) is 50.3 Å². The fourth-order valence-corrected chi connectivity index (χ4v) is 18.4. The van der Waals surface area contributed by atoms with Gasteiger partial charge in [0, 0.05) is 106 Å². The lowest BCUT2D eigenvalue weighted by Gasteiger charge is -2.26. The standard InChI is InChI=1S/2C31H31N2.C30H28FN2/c1-20-7-10-23(11-8-20)24-12-14-29(33(4)19-24)26-18-28-27(17-21(26)2)25-13-9-22(3)32-30(25)31(28)15-5-6-16-31;1-20-16-26-24-13-12-22(3)32-30(24)31(14-8-9-15-31)28(26)18-25(20)29-17-21(2)27(19-33(29)4)23-10-6-5-7-11-23;1-19-16-26-24-12-6-20(2)32-29(24)30(14-4-5-15-30)27(26)17-25(19)28-13-9-22(18-33(28)3)21-7-10-23(31)11-8-21/h7-14,17-19H,5-6,15-16H2,1-4H3;5-7,10-13,16-19H,8-9,14-15H2,1-4H3;6-13,16-18H,4-5,14-15H2,1-3H3/q3*+1/i1D3;;. The van der Waals surface area contributed by atoms with Crippen molar-refractivity contribution >= 4 is 0 Å². The van der Waals surface area contributed by atoms with Crippen LogP contribution in [0.15, 0.2) is 201 Å². The van der Waals surface area contributed by atoms with Crippen LogP contribution in [0.5, 0.6) is 0 Å². The van der Waals surface area contributed by atoms with E-state index in [1.165, 1.54) is 223 Å². The third kappa shape index (κ3) is 10.8. The molecule has 6 aliphatic rings. The zero-order valence-electron chi connectivity index (χ0n) is 62.1. The molecule has 3 fully saturated rings. The lowest BCUT2D eigenvalue weighted by molar-refractivity contribution is -0.660. The van der Waals surface area contributed by atoms with Gasteiger partial charge in [-0.25, -0.2) is 18.1 Å². The molecule has 0 bridgehead atoms. The van der Waals surface area contributed by atoms with Gasteiger partial charge >= 0.3 is 0 Å². The number of benzene rings is 6. The molecular formula is C92H90FN6+3. The molecule has 6 nitrogen and oxygen atoms in total. The van der Waals surface area contributed by atoms with Crippen molar-refractivity contribution in [1.82, 2.24) is 15.0 Å².